The van der Waals surface area contributed by atoms with E-state index in [2.05, 4.69) is 22.2 Å². The van der Waals surface area contributed by atoms with E-state index in [1.807, 2.05) is 26.8 Å². The third-order valence-electron chi connectivity index (χ3n) is 9.43. The first kappa shape index (κ1) is 33.2. The molecule has 0 spiro atoms. The van der Waals surface area contributed by atoms with Gasteiger partial charge in [-0.1, -0.05) is 46.1 Å². The number of aliphatic carboxylic acids is 1. The van der Waals surface area contributed by atoms with Crippen molar-refractivity contribution in [1.29, 1.82) is 0 Å². The SMILES string of the molecule is C=C[C@@H]1C[C@@]1(NC(=O)[C@@H]1C[C@@H](OC(=O)N2Cc3ccncc3C2)CN1C(=O)[C@@H](NC(=O)OCC(C)(C)C)C1CCCCC1)C(=O)O. The van der Waals surface area contributed by atoms with Gasteiger partial charge in [0.1, 0.15) is 23.7 Å². The largest absolute Gasteiger partial charge is 0.479 e. The highest BCUT2D eigenvalue weighted by Gasteiger charge is 2.61. The minimum absolute atomic E-state index is 0.0219. The van der Waals surface area contributed by atoms with Crippen LogP contribution in [-0.2, 0) is 36.9 Å². The number of carboxylic acid groups (broad SMARTS) is 1. The fraction of sp³-hybridized carbons (Fsp3) is 0.636. The Morgan fingerprint density at radius 3 is 2.50 bits per heavy atom. The molecule has 4 aliphatic rings. The van der Waals surface area contributed by atoms with Crippen molar-refractivity contribution < 1.29 is 38.6 Å². The monoisotopic (exact) mass is 639 g/mol. The average molecular weight is 640 g/mol. The summed E-state index contributed by atoms with van der Waals surface area (Å²) in [4.78, 5) is 73.4. The Labute approximate surface area is 269 Å². The van der Waals surface area contributed by atoms with Crippen LogP contribution in [0.1, 0.15) is 76.8 Å². The molecule has 5 rings (SSSR count). The maximum atomic E-state index is 14.4. The lowest BCUT2D eigenvalue weighted by Gasteiger charge is -2.34. The van der Waals surface area contributed by atoms with Crippen molar-refractivity contribution in [3.63, 3.8) is 0 Å². The molecule has 3 heterocycles. The minimum Gasteiger partial charge on any atom is -0.479 e. The molecule has 13 heteroatoms. The quantitative estimate of drug-likeness (QED) is 0.343. The van der Waals surface area contributed by atoms with Gasteiger partial charge in [-0.2, -0.15) is 0 Å². The second-order valence-corrected chi connectivity index (χ2v) is 14.2. The Morgan fingerprint density at radius 2 is 1.87 bits per heavy atom. The van der Waals surface area contributed by atoms with Gasteiger partial charge in [0.05, 0.1) is 19.7 Å². The first-order valence-electron chi connectivity index (χ1n) is 16.1. The summed E-state index contributed by atoms with van der Waals surface area (Å²) in [5, 5.41) is 15.4. The molecule has 4 amide bonds. The zero-order valence-electron chi connectivity index (χ0n) is 26.8. The molecule has 46 heavy (non-hydrogen) atoms. The summed E-state index contributed by atoms with van der Waals surface area (Å²) in [5.74, 6) is -2.96. The predicted molar refractivity (Wildman–Crippen MR) is 165 cm³/mol. The van der Waals surface area contributed by atoms with Gasteiger partial charge in [0.2, 0.25) is 11.8 Å². The van der Waals surface area contributed by atoms with Gasteiger partial charge in [0.25, 0.3) is 0 Å². The van der Waals surface area contributed by atoms with Crippen molar-refractivity contribution >= 4 is 30.0 Å². The van der Waals surface area contributed by atoms with E-state index in [1.165, 1.54) is 15.9 Å². The highest BCUT2D eigenvalue weighted by atomic mass is 16.6. The lowest BCUT2D eigenvalue weighted by molar-refractivity contribution is -0.146. The molecule has 0 radical (unpaired) electrons. The third-order valence-corrected chi connectivity index (χ3v) is 9.43. The molecular weight excluding hydrogens is 594 g/mol. The topological polar surface area (TPSA) is 167 Å². The maximum absolute atomic E-state index is 14.4. The molecule has 2 aliphatic carbocycles. The van der Waals surface area contributed by atoms with Gasteiger partial charge < -0.3 is 30.1 Å². The zero-order chi connectivity index (χ0) is 33.2. The van der Waals surface area contributed by atoms with Crippen LogP contribution in [0.5, 0.6) is 0 Å². The second-order valence-electron chi connectivity index (χ2n) is 14.2. The summed E-state index contributed by atoms with van der Waals surface area (Å²) >= 11 is 0. The summed E-state index contributed by atoms with van der Waals surface area (Å²) in [6, 6.07) is -0.240. The number of hydrogen-bond acceptors (Lipinski definition) is 8. The minimum atomic E-state index is -1.50. The average Bonchev–Trinajstić information content (AvgIpc) is 3.33. The van der Waals surface area contributed by atoms with Crippen LogP contribution in [0.15, 0.2) is 31.1 Å². The van der Waals surface area contributed by atoms with E-state index >= 15 is 0 Å². The number of carboxylic acids is 1. The van der Waals surface area contributed by atoms with Crippen LogP contribution >= 0.6 is 0 Å². The van der Waals surface area contributed by atoms with Gasteiger partial charge in [-0.05, 0) is 47.8 Å². The molecule has 250 valence electrons. The molecule has 0 bridgehead atoms. The summed E-state index contributed by atoms with van der Waals surface area (Å²) < 4.78 is 11.3. The number of pyridine rings is 1. The molecule has 13 nitrogen and oxygen atoms in total. The van der Waals surface area contributed by atoms with Crippen molar-refractivity contribution in [1.82, 2.24) is 25.4 Å². The van der Waals surface area contributed by atoms with Gasteiger partial charge in [-0.3, -0.25) is 19.5 Å². The lowest BCUT2D eigenvalue weighted by atomic mass is 9.83. The molecule has 3 fully saturated rings. The van der Waals surface area contributed by atoms with Crippen molar-refractivity contribution in [2.45, 2.75) is 103 Å². The number of fused-ring (bicyclic) bond motifs is 1. The molecule has 1 aromatic heterocycles. The normalized spacial score (nSPS) is 26.5. The third kappa shape index (κ3) is 7.28. The fourth-order valence-electron chi connectivity index (χ4n) is 6.74. The number of amides is 4. The smallest absolute Gasteiger partial charge is 0.410 e. The number of carbonyl (C=O) groups is 5. The molecule has 2 aliphatic heterocycles. The van der Waals surface area contributed by atoms with Crippen molar-refractivity contribution in [2.24, 2.45) is 17.3 Å². The molecule has 3 N–H and O–H groups in total. The summed E-state index contributed by atoms with van der Waals surface area (Å²) in [6.45, 7) is 10.2. The summed E-state index contributed by atoms with van der Waals surface area (Å²) in [6.07, 6.45) is 7.14. The Bertz CT molecular complexity index is 1350. The Balaban J connectivity index is 1.35. The van der Waals surface area contributed by atoms with E-state index in [1.54, 1.807) is 12.4 Å². The van der Waals surface area contributed by atoms with Crippen LogP contribution in [0.2, 0.25) is 0 Å². The van der Waals surface area contributed by atoms with Gasteiger partial charge in [-0.25, -0.2) is 14.4 Å². The number of nitrogens with zero attached hydrogens (tertiary/aromatic N) is 3. The molecule has 0 unspecified atom stereocenters. The molecular formula is C33H45N5O8. The van der Waals surface area contributed by atoms with Gasteiger partial charge >= 0.3 is 18.2 Å². The Morgan fingerprint density at radius 1 is 1.15 bits per heavy atom. The van der Waals surface area contributed by atoms with Crippen LogP contribution in [0.25, 0.3) is 0 Å². The fourth-order valence-corrected chi connectivity index (χ4v) is 6.74. The molecule has 0 aromatic carbocycles. The summed E-state index contributed by atoms with van der Waals surface area (Å²) in [7, 11) is 0. The number of alkyl carbamates (subject to hydrolysis) is 1. The van der Waals surface area contributed by atoms with Crippen molar-refractivity contribution in [2.75, 3.05) is 13.2 Å². The first-order valence-corrected chi connectivity index (χ1v) is 16.1. The number of carbonyl (C=O) groups excluding carboxylic acids is 4. The van der Waals surface area contributed by atoms with Crippen molar-refractivity contribution in [3.05, 3.63) is 42.2 Å². The van der Waals surface area contributed by atoms with E-state index in [-0.39, 0.29) is 37.3 Å². The molecule has 2 saturated carbocycles. The van der Waals surface area contributed by atoms with Crippen LogP contribution in [0, 0.1) is 17.3 Å². The van der Waals surface area contributed by atoms with Gasteiger partial charge in [-0.15, -0.1) is 6.58 Å². The number of aromatic nitrogens is 1. The van der Waals surface area contributed by atoms with E-state index in [0.29, 0.717) is 25.9 Å². The van der Waals surface area contributed by atoms with E-state index in [9.17, 15) is 29.1 Å². The Kier molecular flexibility index (Phi) is 9.59. The number of ether oxygens (including phenoxy) is 2. The van der Waals surface area contributed by atoms with E-state index in [0.717, 1.165) is 30.4 Å². The highest BCUT2D eigenvalue weighted by molar-refractivity contribution is 5.96. The number of hydrogen-bond donors (Lipinski definition) is 3. The predicted octanol–water partition coefficient (Wildman–Crippen LogP) is 3.37. The number of rotatable bonds is 9. The van der Waals surface area contributed by atoms with Gasteiger partial charge in [0, 0.05) is 31.3 Å². The zero-order valence-corrected chi connectivity index (χ0v) is 26.8. The molecule has 1 aromatic rings. The van der Waals surface area contributed by atoms with Crippen LogP contribution in [0.3, 0.4) is 0 Å². The van der Waals surface area contributed by atoms with E-state index in [4.69, 9.17) is 9.47 Å². The maximum Gasteiger partial charge on any atom is 0.410 e. The molecule has 1 saturated heterocycles. The van der Waals surface area contributed by atoms with Crippen molar-refractivity contribution in [3.8, 4) is 0 Å². The number of nitrogens with one attached hydrogen (secondary N) is 2. The van der Waals surface area contributed by atoms with Crippen LogP contribution < -0.4 is 10.6 Å². The highest BCUT2D eigenvalue weighted by Crippen LogP contribution is 2.45. The van der Waals surface area contributed by atoms with Crippen LogP contribution in [0.4, 0.5) is 9.59 Å². The Hall–Kier alpha value is -4.16. The first-order chi connectivity index (χ1) is 21.8. The second kappa shape index (κ2) is 13.3. The van der Waals surface area contributed by atoms with Crippen LogP contribution in [-0.4, -0.2) is 86.7 Å². The summed E-state index contributed by atoms with van der Waals surface area (Å²) in [5.41, 5.74) is 0.0958. The number of likely N-dealkylation sites (tertiary alicyclic amines) is 1. The standard InChI is InChI=1S/C33H45N5O8/c1-5-23-14-33(23,29(41)42)36-27(39)25-13-24(46-31(44)37-16-21-11-12-34-15-22(21)17-37)18-38(25)28(40)26(20-9-7-6-8-10-20)35-30(43)45-19-32(2,3)4/h5,11-12,15,20,23-26H,1,6-10,13-14,16-19H2,2-4H3,(H,35,43)(H,36,39)(H,41,42)/t23-,24-,25+,26+,33+/m1/s1. The van der Waals surface area contributed by atoms with Gasteiger partial charge in [0.15, 0.2) is 0 Å². The molecule has 5 atom stereocenters. The lowest BCUT2D eigenvalue weighted by Crippen LogP contribution is -2.58. The van der Waals surface area contributed by atoms with E-state index < -0.39 is 59.6 Å².